The van der Waals surface area contributed by atoms with Crippen LogP contribution in [0.5, 0.6) is 0 Å². The van der Waals surface area contributed by atoms with E-state index in [2.05, 4.69) is 18.7 Å². The molecule has 1 saturated carbocycles. The number of furan rings is 1. The van der Waals surface area contributed by atoms with Gasteiger partial charge in [-0.3, -0.25) is 4.90 Å². The summed E-state index contributed by atoms with van der Waals surface area (Å²) >= 11 is 0. The predicted octanol–water partition coefficient (Wildman–Crippen LogP) is 2.91. The summed E-state index contributed by atoms with van der Waals surface area (Å²) in [5.41, 5.74) is 0.702. The SMILES string of the molecule is Cc1cc(CN(CC2CC2)C(C)C)oc1C(=O)O. The number of rotatable bonds is 6. The Bertz CT molecular complexity index is 432. The van der Waals surface area contributed by atoms with Crippen LogP contribution >= 0.6 is 0 Å². The van der Waals surface area contributed by atoms with E-state index in [1.807, 2.05) is 6.07 Å². The van der Waals surface area contributed by atoms with Crippen molar-refractivity contribution in [2.45, 2.75) is 46.2 Å². The summed E-state index contributed by atoms with van der Waals surface area (Å²) in [5.74, 6) is 0.652. The maximum atomic E-state index is 10.9. The van der Waals surface area contributed by atoms with Gasteiger partial charge in [-0.15, -0.1) is 0 Å². The number of aromatic carboxylic acids is 1. The highest BCUT2D eigenvalue weighted by atomic mass is 16.4. The molecule has 0 amide bonds. The summed E-state index contributed by atoms with van der Waals surface area (Å²) in [6.45, 7) is 7.88. The molecule has 0 saturated heterocycles. The first-order valence-corrected chi connectivity index (χ1v) is 6.54. The predicted molar refractivity (Wildman–Crippen MR) is 68.7 cm³/mol. The minimum absolute atomic E-state index is 0.0696. The molecule has 100 valence electrons. The van der Waals surface area contributed by atoms with Crippen LogP contribution in [0.25, 0.3) is 0 Å². The molecule has 2 rings (SSSR count). The molecule has 0 unspecified atom stereocenters. The lowest BCUT2D eigenvalue weighted by Gasteiger charge is -2.25. The molecule has 1 fully saturated rings. The lowest BCUT2D eigenvalue weighted by atomic mass is 10.2. The Morgan fingerprint density at radius 3 is 2.67 bits per heavy atom. The van der Waals surface area contributed by atoms with E-state index in [9.17, 15) is 4.79 Å². The molecular weight excluding hydrogens is 230 g/mol. The van der Waals surface area contributed by atoms with E-state index < -0.39 is 5.97 Å². The van der Waals surface area contributed by atoms with Crippen molar-refractivity contribution in [2.24, 2.45) is 5.92 Å². The molecule has 18 heavy (non-hydrogen) atoms. The van der Waals surface area contributed by atoms with Crippen LogP contribution in [-0.2, 0) is 6.54 Å². The highest BCUT2D eigenvalue weighted by Crippen LogP contribution is 2.31. The van der Waals surface area contributed by atoms with Gasteiger partial charge in [0, 0.05) is 18.2 Å². The number of hydrogen-bond acceptors (Lipinski definition) is 3. The Labute approximate surface area is 108 Å². The molecule has 1 heterocycles. The zero-order valence-corrected chi connectivity index (χ0v) is 11.3. The zero-order valence-electron chi connectivity index (χ0n) is 11.3. The van der Waals surface area contributed by atoms with Crippen LogP contribution in [-0.4, -0.2) is 28.6 Å². The molecule has 1 N–H and O–H groups in total. The first-order chi connectivity index (χ1) is 8.47. The Morgan fingerprint density at radius 2 is 2.22 bits per heavy atom. The number of carboxylic acids is 1. The average Bonchev–Trinajstić information content (AvgIpc) is 3.00. The first kappa shape index (κ1) is 13.1. The molecule has 0 bridgehead atoms. The van der Waals surface area contributed by atoms with Gasteiger partial charge in [-0.2, -0.15) is 0 Å². The lowest BCUT2D eigenvalue weighted by molar-refractivity contribution is 0.0656. The fourth-order valence-electron chi connectivity index (χ4n) is 2.13. The van der Waals surface area contributed by atoms with E-state index in [-0.39, 0.29) is 5.76 Å². The van der Waals surface area contributed by atoms with Crippen LogP contribution in [0.15, 0.2) is 10.5 Å². The van der Waals surface area contributed by atoms with Gasteiger partial charge < -0.3 is 9.52 Å². The topological polar surface area (TPSA) is 53.7 Å². The van der Waals surface area contributed by atoms with E-state index in [1.165, 1.54) is 12.8 Å². The van der Waals surface area contributed by atoms with Crippen molar-refractivity contribution in [1.82, 2.24) is 4.90 Å². The van der Waals surface area contributed by atoms with E-state index in [1.54, 1.807) is 6.92 Å². The van der Waals surface area contributed by atoms with E-state index in [0.717, 1.165) is 18.2 Å². The van der Waals surface area contributed by atoms with Crippen LogP contribution in [0, 0.1) is 12.8 Å². The van der Waals surface area contributed by atoms with E-state index in [4.69, 9.17) is 9.52 Å². The van der Waals surface area contributed by atoms with Gasteiger partial charge in [0.05, 0.1) is 6.54 Å². The molecular formula is C14H21NO3. The van der Waals surface area contributed by atoms with Gasteiger partial charge >= 0.3 is 5.97 Å². The van der Waals surface area contributed by atoms with Crippen molar-refractivity contribution in [3.63, 3.8) is 0 Å². The first-order valence-electron chi connectivity index (χ1n) is 6.54. The number of carboxylic acid groups (broad SMARTS) is 1. The highest BCUT2D eigenvalue weighted by molar-refractivity contribution is 5.86. The maximum absolute atomic E-state index is 10.9. The van der Waals surface area contributed by atoms with Crippen LogP contribution in [0.3, 0.4) is 0 Å². The van der Waals surface area contributed by atoms with Crippen LogP contribution in [0.2, 0.25) is 0 Å². The molecule has 0 spiro atoms. The third kappa shape index (κ3) is 3.13. The molecule has 0 atom stereocenters. The van der Waals surface area contributed by atoms with Gasteiger partial charge in [-0.05, 0) is 45.6 Å². The van der Waals surface area contributed by atoms with Gasteiger partial charge in [-0.25, -0.2) is 4.79 Å². The fourth-order valence-corrected chi connectivity index (χ4v) is 2.13. The number of nitrogens with zero attached hydrogens (tertiary/aromatic N) is 1. The van der Waals surface area contributed by atoms with Crippen molar-refractivity contribution in [1.29, 1.82) is 0 Å². The van der Waals surface area contributed by atoms with E-state index in [0.29, 0.717) is 18.2 Å². The Hall–Kier alpha value is -1.29. The molecule has 0 aliphatic heterocycles. The van der Waals surface area contributed by atoms with Crippen molar-refractivity contribution in [3.05, 3.63) is 23.2 Å². The normalized spacial score (nSPS) is 15.6. The average molecular weight is 251 g/mol. The van der Waals surface area contributed by atoms with Gasteiger partial charge in [0.15, 0.2) is 0 Å². The third-order valence-electron chi connectivity index (χ3n) is 3.44. The summed E-state index contributed by atoms with van der Waals surface area (Å²) in [5, 5.41) is 8.97. The molecule has 1 aliphatic rings. The molecule has 4 nitrogen and oxygen atoms in total. The number of carbonyl (C=O) groups is 1. The highest BCUT2D eigenvalue weighted by Gasteiger charge is 2.26. The van der Waals surface area contributed by atoms with Crippen LogP contribution < -0.4 is 0 Å². The molecule has 1 aromatic rings. The van der Waals surface area contributed by atoms with Gasteiger partial charge in [0.2, 0.25) is 5.76 Å². The summed E-state index contributed by atoms with van der Waals surface area (Å²) in [6.07, 6.45) is 2.64. The Morgan fingerprint density at radius 1 is 1.56 bits per heavy atom. The third-order valence-corrected chi connectivity index (χ3v) is 3.44. The minimum Gasteiger partial charge on any atom is -0.475 e. The zero-order chi connectivity index (χ0) is 13.3. The molecule has 1 aromatic heterocycles. The van der Waals surface area contributed by atoms with Crippen molar-refractivity contribution in [2.75, 3.05) is 6.54 Å². The summed E-state index contributed by atoms with van der Waals surface area (Å²) in [7, 11) is 0. The molecule has 1 aliphatic carbocycles. The van der Waals surface area contributed by atoms with Gasteiger partial charge in [-0.1, -0.05) is 0 Å². The summed E-state index contributed by atoms with van der Waals surface area (Å²) in [6, 6.07) is 2.29. The smallest absolute Gasteiger partial charge is 0.372 e. The largest absolute Gasteiger partial charge is 0.475 e. The van der Waals surface area contributed by atoms with Crippen molar-refractivity contribution in [3.8, 4) is 0 Å². The summed E-state index contributed by atoms with van der Waals surface area (Å²) < 4.78 is 5.42. The summed E-state index contributed by atoms with van der Waals surface area (Å²) in [4.78, 5) is 13.3. The van der Waals surface area contributed by atoms with Gasteiger partial charge in [0.25, 0.3) is 0 Å². The standard InChI is InChI=1S/C14H21NO3/c1-9(2)15(7-11-4-5-11)8-12-6-10(3)13(18-12)14(16)17/h6,9,11H,4-5,7-8H2,1-3H3,(H,16,17). The van der Waals surface area contributed by atoms with Crippen molar-refractivity contribution < 1.29 is 14.3 Å². The van der Waals surface area contributed by atoms with E-state index >= 15 is 0 Å². The number of aryl methyl sites for hydroxylation is 1. The second-order valence-corrected chi connectivity index (χ2v) is 5.50. The second kappa shape index (κ2) is 5.14. The lowest BCUT2D eigenvalue weighted by Crippen LogP contribution is -2.32. The minimum atomic E-state index is -0.989. The molecule has 0 aromatic carbocycles. The Balaban J connectivity index is 2.05. The quantitative estimate of drug-likeness (QED) is 0.844. The maximum Gasteiger partial charge on any atom is 0.372 e. The monoisotopic (exact) mass is 251 g/mol. The number of hydrogen-bond donors (Lipinski definition) is 1. The Kier molecular flexibility index (Phi) is 3.76. The van der Waals surface area contributed by atoms with Crippen molar-refractivity contribution >= 4 is 5.97 Å². The van der Waals surface area contributed by atoms with Crippen LogP contribution in [0.4, 0.5) is 0 Å². The van der Waals surface area contributed by atoms with Crippen LogP contribution in [0.1, 0.15) is 48.6 Å². The molecule has 0 radical (unpaired) electrons. The molecule has 4 heteroatoms. The fraction of sp³-hybridized carbons (Fsp3) is 0.643. The van der Waals surface area contributed by atoms with Gasteiger partial charge in [0.1, 0.15) is 5.76 Å². The second-order valence-electron chi connectivity index (χ2n) is 5.50.